The molecule has 1 unspecified atom stereocenters. The Hall–Kier alpha value is -1.49. The summed E-state index contributed by atoms with van der Waals surface area (Å²) in [5.41, 5.74) is 8.40. The Kier molecular flexibility index (Phi) is 3.93. The van der Waals surface area contributed by atoms with Crippen LogP contribution in [0.1, 0.15) is 47.9 Å². The molecule has 0 aromatic carbocycles. The fourth-order valence-electron chi connectivity index (χ4n) is 3.76. The van der Waals surface area contributed by atoms with Gasteiger partial charge in [-0.15, -0.1) is 0 Å². The smallest absolute Gasteiger partial charge is 0.255 e. The third kappa shape index (κ3) is 2.79. The molecule has 21 heavy (non-hydrogen) atoms. The van der Waals surface area contributed by atoms with E-state index in [-0.39, 0.29) is 5.91 Å². The maximum absolute atomic E-state index is 12.8. The molecular formula is C16H24N4O. The number of aromatic nitrogens is 2. The van der Waals surface area contributed by atoms with Gasteiger partial charge in [0.25, 0.3) is 5.91 Å². The molecule has 2 fully saturated rings. The molecule has 5 nitrogen and oxygen atoms in total. The minimum Gasteiger partial charge on any atom is -0.338 e. The molecule has 2 N–H and O–H groups in total. The van der Waals surface area contributed by atoms with E-state index in [1.54, 1.807) is 0 Å². The SMILES string of the molecule is CCc1nnc(C)cc1C(=O)N1C[C@H]2CCC(N)C[C@H]2C1. The van der Waals surface area contributed by atoms with Gasteiger partial charge in [-0.3, -0.25) is 4.79 Å². The van der Waals surface area contributed by atoms with Crippen LogP contribution in [0.3, 0.4) is 0 Å². The summed E-state index contributed by atoms with van der Waals surface area (Å²) in [7, 11) is 0. The van der Waals surface area contributed by atoms with Crippen molar-refractivity contribution in [2.45, 2.75) is 45.6 Å². The van der Waals surface area contributed by atoms with E-state index in [9.17, 15) is 4.79 Å². The molecule has 114 valence electrons. The maximum atomic E-state index is 12.8. The van der Waals surface area contributed by atoms with E-state index in [0.29, 0.717) is 17.9 Å². The number of fused-ring (bicyclic) bond motifs is 1. The van der Waals surface area contributed by atoms with Gasteiger partial charge in [-0.2, -0.15) is 10.2 Å². The molecule has 1 saturated heterocycles. The van der Waals surface area contributed by atoms with E-state index in [1.807, 2.05) is 24.8 Å². The van der Waals surface area contributed by atoms with E-state index < -0.39 is 0 Å². The largest absolute Gasteiger partial charge is 0.338 e. The predicted octanol–water partition coefficient (Wildman–Crippen LogP) is 1.55. The molecule has 2 aliphatic rings. The molecule has 1 aliphatic heterocycles. The molecule has 5 heteroatoms. The first kappa shape index (κ1) is 14.4. The topological polar surface area (TPSA) is 72.1 Å². The van der Waals surface area contributed by atoms with E-state index in [2.05, 4.69) is 10.2 Å². The van der Waals surface area contributed by atoms with Gasteiger partial charge in [0.15, 0.2) is 0 Å². The summed E-state index contributed by atoms with van der Waals surface area (Å²) in [5.74, 6) is 1.33. The predicted molar refractivity (Wildman–Crippen MR) is 80.9 cm³/mol. The van der Waals surface area contributed by atoms with Gasteiger partial charge in [0.2, 0.25) is 0 Å². The second-order valence-electron chi connectivity index (χ2n) is 6.50. The zero-order chi connectivity index (χ0) is 15.0. The van der Waals surface area contributed by atoms with Crippen LogP contribution in [0.4, 0.5) is 0 Å². The van der Waals surface area contributed by atoms with Crippen molar-refractivity contribution in [3.05, 3.63) is 23.0 Å². The normalized spacial score (nSPS) is 28.5. The fraction of sp³-hybridized carbons (Fsp3) is 0.688. The number of carbonyl (C=O) groups is 1. The number of aryl methyl sites for hydroxylation is 2. The van der Waals surface area contributed by atoms with Crippen LogP contribution in [0.2, 0.25) is 0 Å². The fourth-order valence-corrected chi connectivity index (χ4v) is 3.76. The van der Waals surface area contributed by atoms with Crippen LogP contribution >= 0.6 is 0 Å². The summed E-state index contributed by atoms with van der Waals surface area (Å²) < 4.78 is 0. The second kappa shape index (κ2) is 5.72. The van der Waals surface area contributed by atoms with Gasteiger partial charge in [0, 0.05) is 19.1 Å². The lowest BCUT2D eigenvalue weighted by Gasteiger charge is -2.27. The van der Waals surface area contributed by atoms with Crippen molar-refractivity contribution >= 4 is 5.91 Å². The van der Waals surface area contributed by atoms with Crippen LogP contribution in [0.25, 0.3) is 0 Å². The van der Waals surface area contributed by atoms with Gasteiger partial charge in [0.1, 0.15) is 0 Å². The lowest BCUT2D eigenvalue weighted by Crippen LogP contribution is -2.32. The summed E-state index contributed by atoms with van der Waals surface area (Å²) in [5, 5.41) is 8.24. The zero-order valence-electron chi connectivity index (χ0n) is 12.9. The van der Waals surface area contributed by atoms with Crippen molar-refractivity contribution in [3.8, 4) is 0 Å². The number of nitrogens with two attached hydrogens (primary N) is 1. The zero-order valence-corrected chi connectivity index (χ0v) is 12.9. The Bertz CT molecular complexity index is 545. The third-order valence-electron chi connectivity index (χ3n) is 4.94. The lowest BCUT2D eigenvalue weighted by molar-refractivity contribution is 0.0782. The average Bonchev–Trinajstić information content (AvgIpc) is 2.89. The van der Waals surface area contributed by atoms with Gasteiger partial charge >= 0.3 is 0 Å². The van der Waals surface area contributed by atoms with Crippen molar-refractivity contribution in [2.75, 3.05) is 13.1 Å². The highest BCUT2D eigenvalue weighted by Gasteiger charge is 2.39. The van der Waals surface area contributed by atoms with Crippen LogP contribution in [0, 0.1) is 18.8 Å². The molecule has 1 aliphatic carbocycles. The number of hydrogen-bond donors (Lipinski definition) is 1. The van der Waals surface area contributed by atoms with Gasteiger partial charge in [-0.05, 0) is 50.5 Å². The summed E-state index contributed by atoms with van der Waals surface area (Å²) >= 11 is 0. The molecule has 1 aromatic rings. The average molecular weight is 288 g/mol. The molecule has 3 rings (SSSR count). The summed E-state index contributed by atoms with van der Waals surface area (Å²) in [6, 6.07) is 2.19. The number of carbonyl (C=O) groups excluding carboxylic acids is 1. The molecule has 1 amide bonds. The Balaban J connectivity index is 1.79. The van der Waals surface area contributed by atoms with Gasteiger partial charge < -0.3 is 10.6 Å². The summed E-state index contributed by atoms with van der Waals surface area (Å²) in [6.45, 7) is 5.62. The maximum Gasteiger partial charge on any atom is 0.255 e. The number of likely N-dealkylation sites (tertiary alicyclic amines) is 1. The van der Waals surface area contributed by atoms with Gasteiger partial charge in [-0.1, -0.05) is 6.92 Å². The number of hydrogen-bond acceptors (Lipinski definition) is 4. The van der Waals surface area contributed by atoms with Crippen molar-refractivity contribution in [1.29, 1.82) is 0 Å². The first-order chi connectivity index (χ1) is 10.1. The lowest BCUT2D eigenvalue weighted by atomic mass is 9.79. The summed E-state index contributed by atoms with van der Waals surface area (Å²) in [6.07, 6.45) is 4.05. The first-order valence-corrected chi connectivity index (χ1v) is 7.96. The highest BCUT2D eigenvalue weighted by atomic mass is 16.2. The molecule has 1 aromatic heterocycles. The molecule has 0 radical (unpaired) electrons. The van der Waals surface area contributed by atoms with Crippen molar-refractivity contribution < 1.29 is 4.79 Å². The van der Waals surface area contributed by atoms with Crippen LogP contribution in [-0.2, 0) is 6.42 Å². The van der Waals surface area contributed by atoms with Gasteiger partial charge in [0.05, 0.1) is 17.0 Å². The Morgan fingerprint density at radius 3 is 2.86 bits per heavy atom. The van der Waals surface area contributed by atoms with E-state index in [0.717, 1.165) is 55.7 Å². The Labute approximate surface area is 125 Å². The van der Waals surface area contributed by atoms with Gasteiger partial charge in [-0.25, -0.2) is 0 Å². The molecule has 2 heterocycles. The highest BCUT2D eigenvalue weighted by molar-refractivity contribution is 5.95. The summed E-state index contributed by atoms with van der Waals surface area (Å²) in [4.78, 5) is 14.8. The number of amides is 1. The number of rotatable bonds is 2. The van der Waals surface area contributed by atoms with E-state index >= 15 is 0 Å². The third-order valence-corrected chi connectivity index (χ3v) is 4.94. The van der Waals surface area contributed by atoms with Crippen LogP contribution in [0.15, 0.2) is 6.07 Å². The molecule has 0 bridgehead atoms. The van der Waals surface area contributed by atoms with Crippen molar-refractivity contribution in [3.63, 3.8) is 0 Å². The number of nitrogens with zero attached hydrogens (tertiary/aromatic N) is 3. The van der Waals surface area contributed by atoms with Crippen molar-refractivity contribution in [2.24, 2.45) is 17.6 Å². The van der Waals surface area contributed by atoms with Crippen LogP contribution in [-0.4, -0.2) is 40.1 Å². The molecular weight excluding hydrogens is 264 g/mol. The quantitative estimate of drug-likeness (QED) is 0.896. The monoisotopic (exact) mass is 288 g/mol. The highest BCUT2D eigenvalue weighted by Crippen LogP contribution is 2.36. The van der Waals surface area contributed by atoms with Crippen LogP contribution < -0.4 is 5.73 Å². The first-order valence-electron chi connectivity index (χ1n) is 7.96. The molecule has 0 spiro atoms. The molecule has 1 saturated carbocycles. The van der Waals surface area contributed by atoms with E-state index in [1.165, 1.54) is 0 Å². The molecule has 3 atom stereocenters. The van der Waals surface area contributed by atoms with Crippen LogP contribution in [0.5, 0.6) is 0 Å². The minimum absolute atomic E-state index is 0.118. The standard InChI is InChI=1S/C16H24N4O/c1-3-15-14(6-10(2)18-19-15)16(21)20-8-11-4-5-13(17)7-12(11)9-20/h6,11-13H,3-5,7-9,17H2,1-2H3/t11-,12+,13?/m1/s1. The Morgan fingerprint density at radius 1 is 1.33 bits per heavy atom. The Morgan fingerprint density at radius 2 is 2.10 bits per heavy atom. The second-order valence-corrected chi connectivity index (χ2v) is 6.50. The van der Waals surface area contributed by atoms with Crippen molar-refractivity contribution in [1.82, 2.24) is 15.1 Å². The van der Waals surface area contributed by atoms with E-state index in [4.69, 9.17) is 5.73 Å². The minimum atomic E-state index is 0.118.